The lowest BCUT2D eigenvalue weighted by molar-refractivity contribution is 0.419. The van der Waals surface area contributed by atoms with Gasteiger partial charge in [0.15, 0.2) is 11.1 Å². The van der Waals surface area contributed by atoms with Crippen LogP contribution in [-0.2, 0) is 0 Å². The van der Waals surface area contributed by atoms with Gasteiger partial charge in [-0.3, -0.25) is 0 Å². The van der Waals surface area contributed by atoms with E-state index in [1.54, 1.807) is 7.11 Å². The number of hydrogen-bond donors (Lipinski definition) is 1. The average molecular weight is 268 g/mol. The van der Waals surface area contributed by atoms with E-state index in [9.17, 15) is 0 Å². The molecule has 102 valence electrons. The maximum atomic E-state index is 5.92. The Balaban J connectivity index is 2.25. The fourth-order valence-electron chi connectivity index (χ4n) is 2.31. The molecule has 4 nitrogen and oxygen atoms in total. The summed E-state index contributed by atoms with van der Waals surface area (Å²) in [5.74, 6) is 1.27. The third-order valence-electron chi connectivity index (χ3n) is 3.52. The number of nitrogens with two attached hydrogens (primary N) is 1. The van der Waals surface area contributed by atoms with E-state index in [-0.39, 0.29) is 0 Å². The molecule has 3 rings (SSSR count). The average Bonchev–Trinajstić information content (AvgIpc) is 2.86. The van der Waals surface area contributed by atoms with Crippen LogP contribution < -0.4 is 10.5 Å². The number of para-hydroxylation sites is 1. The minimum absolute atomic E-state index is 0.567. The van der Waals surface area contributed by atoms with Crippen LogP contribution in [0.1, 0.15) is 11.1 Å². The van der Waals surface area contributed by atoms with Crippen LogP contribution in [0.2, 0.25) is 0 Å². The van der Waals surface area contributed by atoms with Crippen LogP contribution in [0.25, 0.3) is 22.6 Å². The summed E-state index contributed by atoms with van der Waals surface area (Å²) in [5, 5.41) is 0. The number of rotatable bonds is 2. The van der Waals surface area contributed by atoms with E-state index in [1.807, 2.05) is 44.2 Å². The van der Waals surface area contributed by atoms with Gasteiger partial charge in [0.1, 0.15) is 5.75 Å². The maximum Gasteiger partial charge on any atom is 0.227 e. The van der Waals surface area contributed by atoms with Gasteiger partial charge in [-0.2, -0.15) is 0 Å². The van der Waals surface area contributed by atoms with Crippen molar-refractivity contribution in [2.24, 2.45) is 0 Å². The molecule has 0 aliphatic rings. The Kier molecular flexibility index (Phi) is 2.86. The molecule has 0 atom stereocenters. The maximum absolute atomic E-state index is 5.92. The standard InChI is InChI=1S/C16H16N2O2/c1-9-7-11(17)8-12(10(9)2)16-18-15-13(19-3)5-4-6-14(15)20-16/h4-8H,17H2,1-3H3. The zero-order valence-electron chi connectivity index (χ0n) is 11.7. The van der Waals surface area contributed by atoms with Gasteiger partial charge in [-0.25, -0.2) is 4.98 Å². The molecule has 20 heavy (non-hydrogen) atoms. The largest absolute Gasteiger partial charge is 0.494 e. The molecular formula is C16H16N2O2. The Bertz CT molecular complexity index is 791. The Labute approximate surface area is 117 Å². The number of methoxy groups -OCH3 is 1. The smallest absolute Gasteiger partial charge is 0.227 e. The highest BCUT2D eigenvalue weighted by Gasteiger charge is 2.14. The van der Waals surface area contributed by atoms with Gasteiger partial charge in [0.05, 0.1) is 7.11 Å². The molecule has 4 heteroatoms. The Hall–Kier alpha value is -2.49. The predicted molar refractivity (Wildman–Crippen MR) is 79.9 cm³/mol. The number of anilines is 1. The quantitative estimate of drug-likeness (QED) is 0.720. The topological polar surface area (TPSA) is 61.3 Å². The molecule has 0 spiro atoms. The van der Waals surface area contributed by atoms with Gasteiger partial charge in [-0.15, -0.1) is 0 Å². The van der Waals surface area contributed by atoms with Crippen molar-refractivity contribution in [3.05, 3.63) is 41.5 Å². The number of fused-ring (bicyclic) bond motifs is 1. The number of nitrogen functional groups attached to an aromatic ring is 1. The first kappa shape index (κ1) is 12.5. The molecule has 2 aromatic carbocycles. The Morgan fingerprint density at radius 3 is 2.75 bits per heavy atom. The number of benzene rings is 2. The summed E-state index contributed by atoms with van der Waals surface area (Å²) in [6, 6.07) is 9.46. The molecular weight excluding hydrogens is 252 g/mol. The number of hydrogen-bond acceptors (Lipinski definition) is 4. The zero-order valence-corrected chi connectivity index (χ0v) is 11.7. The molecule has 1 heterocycles. The van der Waals surface area contributed by atoms with E-state index in [0.29, 0.717) is 22.9 Å². The van der Waals surface area contributed by atoms with Gasteiger partial charge in [-0.1, -0.05) is 6.07 Å². The molecule has 0 aliphatic heterocycles. The fourth-order valence-corrected chi connectivity index (χ4v) is 2.31. The number of nitrogens with zero attached hydrogens (tertiary/aromatic N) is 1. The summed E-state index contributed by atoms with van der Waals surface area (Å²) in [6.07, 6.45) is 0. The molecule has 0 amide bonds. The lowest BCUT2D eigenvalue weighted by Crippen LogP contribution is -1.92. The fraction of sp³-hybridized carbons (Fsp3) is 0.188. The first-order chi connectivity index (χ1) is 9.60. The van der Waals surface area contributed by atoms with Crippen LogP contribution >= 0.6 is 0 Å². The highest BCUT2D eigenvalue weighted by molar-refractivity contribution is 5.83. The first-order valence-electron chi connectivity index (χ1n) is 6.41. The van der Waals surface area contributed by atoms with Crippen LogP contribution in [0.3, 0.4) is 0 Å². The molecule has 0 bridgehead atoms. The van der Waals surface area contributed by atoms with Crippen molar-refractivity contribution in [1.29, 1.82) is 0 Å². The molecule has 1 aromatic heterocycles. The normalized spacial score (nSPS) is 10.9. The number of aromatic nitrogens is 1. The zero-order chi connectivity index (χ0) is 14.3. The SMILES string of the molecule is COc1cccc2oc(-c3cc(N)cc(C)c3C)nc12. The Morgan fingerprint density at radius 2 is 2.00 bits per heavy atom. The minimum Gasteiger partial charge on any atom is -0.494 e. The second kappa shape index (κ2) is 4.56. The molecule has 2 N–H and O–H groups in total. The summed E-state index contributed by atoms with van der Waals surface area (Å²) in [7, 11) is 1.62. The van der Waals surface area contributed by atoms with Crippen molar-refractivity contribution in [3.8, 4) is 17.2 Å². The summed E-state index contributed by atoms with van der Waals surface area (Å²) in [6.45, 7) is 4.06. The highest BCUT2D eigenvalue weighted by atomic mass is 16.5. The van der Waals surface area contributed by atoms with E-state index in [1.165, 1.54) is 0 Å². The van der Waals surface area contributed by atoms with Gasteiger partial charge in [0.2, 0.25) is 5.89 Å². The van der Waals surface area contributed by atoms with Crippen LogP contribution in [0.15, 0.2) is 34.7 Å². The summed E-state index contributed by atoms with van der Waals surface area (Å²) < 4.78 is 11.1. The van der Waals surface area contributed by atoms with Gasteiger partial charge in [0, 0.05) is 11.3 Å². The van der Waals surface area contributed by atoms with E-state index in [0.717, 1.165) is 22.2 Å². The Morgan fingerprint density at radius 1 is 1.20 bits per heavy atom. The molecule has 0 saturated heterocycles. The highest BCUT2D eigenvalue weighted by Crippen LogP contribution is 2.33. The molecule has 0 fully saturated rings. The number of ether oxygens (including phenoxy) is 1. The van der Waals surface area contributed by atoms with Crippen LogP contribution in [0, 0.1) is 13.8 Å². The predicted octanol–water partition coefficient (Wildman–Crippen LogP) is 3.70. The lowest BCUT2D eigenvalue weighted by atomic mass is 10.0. The van der Waals surface area contributed by atoms with E-state index in [4.69, 9.17) is 14.9 Å². The third kappa shape index (κ3) is 1.90. The van der Waals surface area contributed by atoms with Crippen molar-refractivity contribution in [2.75, 3.05) is 12.8 Å². The summed E-state index contributed by atoms with van der Waals surface area (Å²) in [5.41, 5.74) is 11.2. The van der Waals surface area contributed by atoms with Crippen molar-refractivity contribution >= 4 is 16.8 Å². The van der Waals surface area contributed by atoms with Crippen molar-refractivity contribution in [3.63, 3.8) is 0 Å². The number of oxazole rings is 1. The van der Waals surface area contributed by atoms with E-state index < -0.39 is 0 Å². The molecule has 0 aliphatic carbocycles. The van der Waals surface area contributed by atoms with Crippen molar-refractivity contribution in [2.45, 2.75) is 13.8 Å². The second-order valence-corrected chi connectivity index (χ2v) is 4.84. The van der Waals surface area contributed by atoms with Gasteiger partial charge >= 0.3 is 0 Å². The monoisotopic (exact) mass is 268 g/mol. The van der Waals surface area contributed by atoms with Gasteiger partial charge in [0.25, 0.3) is 0 Å². The summed E-state index contributed by atoms with van der Waals surface area (Å²) in [4.78, 5) is 4.55. The van der Waals surface area contributed by atoms with Crippen molar-refractivity contribution < 1.29 is 9.15 Å². The van der Waals surface area contributed by atoms with Crippen LogP contribution in [0.4, 0.5) is 5.69 Å². The lowest BCUT2D eigenvalue weighted by Gasteiger charge is -2.06. The molecule has 0 unspecified atom stereocenters. The summed E-state index contributed by atoms with van der Waals surface area (Å²) >= 11 is 0. The third-order valence-corrected chi connectivity index (χ3v) is 3.52. The van der Waals surface area contributed by atoms with Gasteiger partial charge < -0.3 is 14.9 Å². The van der Waals surface area contributed by atoms with Crippen LogP contribution in [-0.4, -0.2) is 12.1 Å². The molecule has 0 saturated carbocycles. The van der Waals surface area contributed by atoms with Gasteiger partial charge in [-0.05, 0) is 49.2 Å². The van der Waals surface area contributed by atoms with E-state index in [2.05, 4.69) is 4.98 Å². The van der Waals surface area contributed by atoms with E-state index >= 15 is 0 Å². The molecule has 3 aromatic rings. The van der Waals surface area contributed by atoms with Crippen LogP contribution in [0.5, 0.6) is 5.75 Å². The number of aryl methyl sites for hydroxylation is 1. The van der Waals surface area contributed by atoms with Crippen molar-refractivity contribution in [1.82, 2.24) is 4.98 Å². The first-order valence-corrected chi connectivity index (χ1v) is 6.41. The molecule has 0 radical (unpaired) electrons. The second-order valence-electron chi connectivity index (χ2n) is 4.84. The minimum atomic E-state index is 0.567.